The molecule has 1 fully saturated rings. The summed E-state index contributed by atoms with van der Waals surface area (Å²) in [5.41, 5.74) is 5.57. The number of aromatic nitrogens is 1. The van der Waals surface area contributed by atoms with Crippen LogP contribution in [0.3, 0.4) is 0 Å². The third kappa shape index (κ3) is 1.46. The summed E-state index contributed by atoms with van der Waals surface area (Å²) in [6.45, 7) is 2.57. The van der Waals surface area contributed by atoms with Gasteiger partial charge in [0.1, 0.15) is 0 Å². The minimum atomic E-state index is 0.191. The molecule has 3 aliphatic heterocycles. The predicted octanol–water partition coefficient (Wildman–Crippen LogP) is 2.80. The SMILES string of the molecule is OCC1=Cn2c3c(c4ccccc42)CCN2CCCC1C32. The van der Waals surface area contributed by atoms with Crippen LogP contribution >= 0.6 is 0 Å². The first-order valence-corrected chi connectivity index (χ1v) is 8.05. The van der Waals surface area contributed by atoms with E-state index in [0.29, 0.717) is 12.0 Å². The quantitative estimate of drug-likeness (QED) is 0.870. The lowest BCUT2D eigenvalue weighted by Crippen LogP contribution is -2.46. The first kappa shape index (κ1) is 12.0. The Bertz CT molecular complexity index is 758. The Kier molecular flexibility index (Phi) is 2.41. The molecule has 3 nitrogen and oxygen atoms in total. The third-order valence-corrected chi connectivity index (χ3v) is 5.68. The second kappa shape index (κ2) is 4.21. The molecular weight excluding hydrogens is 260 g/mol. The molecule has 1 N–H and O–H groups in total. The van der Waals surface area contributed by atoms with Gasteiger partial charge in [0.15, 0.2) is 0 Å². The Hall–Kier alpha value is -1.58. The van der Waals surface area contributed by atoms with Gasteiger partial charge < -0.3 is 9.67 Å². The van der Waals surface area contributed by atoms with Crippen molar-refractivity contribution in [2.75, 3.05) is 19.7 Å². The summed E-state index contributed by atoms with van der Waals surface area (Å²) in [5, 5.41) is 11.2. The fourth-order valence-electron chi connectivity index (χ4n) is 4.82. The first-order chi connectivity index (χ1) is 10.4. The summed E-state index contributed by atoms with van der Waals surface area (Å²) in [4.78, 5) is 2.65. The van der Waals surface area contributed by atoms with Crippen LogP contribution in [0.25, 0.3) is 17.1 Å². The zero-order chi connectivity index (χ0) is 14.0. The summed E-state index contributed by atoms with van der Waals surface area (Å²) in [5.74, 6) is 0.514. The second-order valence-electron chi connectivity index (χ2n) is 6.59. The lowest BCUT2D eigenvalue weighted by atomic mass is 9.77. The molecule has 0 saturated carbocycles. The number of nitrogens with zero attached hydrogens (tertiary/aromatic N) is 2. The molecule has 0 radical (unpaired) electrons. The highest BCUT2D eigenvalue weighted by Gasteiger charge is 2.42. The molecule has 0 amide bonds. The maximum Gasteiger partial charge on any atom is 0.0662 e. The smallest absolute Gasteiger partial charge is 0.0662 e. The van der Waals surface area contributed by atoms with Crippen LogP contribution < -0.4 is 0 Å². The Morgan fingerprint density at radius 1 is 1.19 bits per heavy atom. The number of hydrogen-bond donors (Lipinski definition) is 1. The predicted molar refractivity (Wildman–Crippen MR) is 84.0 cm³/mol. The zero-order valence-electron chi connectivity index (χ0n) is 12.1. The largest absolute Gasteiger partial charge is 0.392 e. The van der Waals surface area contributed by atoms with Gasteiger partial charge in [0.25, 0.3) is 0 Å². The second-order valence-corrected chi connectivity index (χ2v) is 6.59. The molecule has 2 aromatic rings. The van der Waals surface area contributed by atoms with Crippen LogP contribution in [-0.2, 0) is 6.42 Å². The van der Waals surface area contributed by atoms with E-state index in [1.54, 1.807) is 5.56 Å². The highest BCUT2D eigenvalue weighted by Crippen LogP contribution is 2.49. The molecule has 0 bridgehead atoms. The Morgan fingerprint density at radius 3 is 3.00 bits per heavy atom. The fourth-order valence-corrected chi connectivity index (χ4v) is 4.82. The molecule has 0 spiro atoms. The molecule has 1 aromatic heterocycles. The highest BCUT2D eigenvalue weighted by molar-refractivity contribution is 5.88. The van der Waals surface area contributed by atoms with Crippen LogP contribution in [0.2, 0.25) is 0 Å². The van der Waals surface area contributed by atoms with Crippen LogP contribution in [0.4, 0.5) is 0 Å². The van der Waals surface area contributed by atoms with Gasteiger partial charge in [-0.05, 0) is 43.0 Å². The molecule has 3 aliphatic rings. The third-order valence-electron chi connectivity index (χ3n) is 5.68. The van der Waals surface area contributed by atoms with Crippen molar-refractivity contribution in [2.45, 2.75) is 25.3 Å². The fraction of sp³-hybridized carbons (Fsp3) is 0.444. The Labute approximate surface area is 124 Å². The topological polar surface area (TPSA) is 28.4 Å². The van der Waals surface area contributed by atoms with E-state index in [9.17, 15) is 5.11 Å². The number of aliphatic hydroxyl groups excluding tert-OH is 1. The van der Waals surface area contributed by atoms with E-state index >= 15 is 0 Å². The summed E-state index contributed by atoms with van der Waals surface area (Å²) < 4.78 is 2.37. The van der Waals surface area contributed by atoms with Crippen molar-refractivity contribution >= 4 is 17.1 Å². The Balaban J connectivity index is 1.86. The van der Waals surface area contributed by atoms with E-state index in [-0.39, 0.29) is 6.61 Å². The van der Waals surface area contributed by atoms with Gasteiger partial charge >= 0.3 is 0 Å². The van der Waals surface area contributed by atoms with E-state index < -0.39 is 0 Å². The number of fused-ring (bicyclic) bond motifs is 3. The average Bonchev–Trinajstić information content (AvgIpc) is 2.88. The summed E-state index contributed by atoms with van der Waals surface area (Å²) in [7, 11) is 0. The molecule has 21 heavy (non-hydrogen) atoms. The summed E-state index contributed by atoms with van der Waals surface area (Å²) in [6, 6.07) is 9.23. The van der Waals surface area contributed by atoms with Crippen LogP contribution in [0.5, 0.6) is 0 Å². The van der Waals surface area contributed by atoms with Crippen LogP contribution in [0.15, 0.2) is 29.8 Å². The maximum absolute atomic E-state index is 9.84. The van der Waals surface area contributed by atoms with Gasteiger partial charge in [-0.3, -0.25) is 4.90 Å². The van der Waals surface area contributed by atoms with Gasteiger partial charge in [-0.15, -0.1) is 0 Å². The van der Waals surface area contributed by atoms with Crippen molar-refractivity contribution < 1.29 is 5.11 Å². The minimum Gasteiger partial charge on any atom is -0.392 e. The highest BCUT2D eigenvalue weighted by atomic mass is 16.3. The van der Waals surface area contributed by atoms with Crippen molar-refractivity contribution in [1.82, 2.24) is 9.47 Å². The number of hydrogen-bond acceptors (Lipinski definition) is 2. The van der Waals surface area contributed by atoms with E-state index in [4.69, 9.17) is 0 Å². The van der Waals surface area contributed by atoms with Gasteiger partial charge in [-0.2, -0.15) is 0 Å². The number of para-hydroxylation sites is 1. The van der Waals surface area contributed by atoms with Gasteiger partial charge in [0.05, 0.1) is 18.2 Å². The number of piperidine rings is 1. The van der Waals surface area contributed by atoms with Crippen LogP contribution in [0.1, 0.15) is 30.1 Å². The average molecular weight is 280 g/mol. The van der Waals surface area contributed by atoms with Gasteiger partial charge in [0, 0.05) is 29.7 Å². The lowest BCUT2D eigenvalue weighted by Gasteiger charge is -2.47. The molecule has 2 atom stereocenters. The number of rotatable bonds is 1. The van der Waals surface area contributed by atoms with Gasteiger partial charge in [0.2, 0.25) is 0 Å². The molecule has 4 heterocycles. The minimum absolute atomic E-state index is 0.191. The molecule has 0 aliphatic carbocycles. The monoisotopic (exact) mass is 280 g/mol. The van der Waals surface area contributed by atoms with Crippen molar-refractivity contribution in [3.8, 4) is 0 Å². The molecule has 1 aromatic carbocycles. The molecule has 1 saturated heterocycles. The number of benzene rings is 1. The number of aliphatic hydroxyl groups is 1. The molecular formula is C18H20N2O. The van der Waals surface area contributed by atoms with E-state index in [1.165, 1.54) is 48.1 Å². The zero-order valence-corrected chi connectivity index (χ0v) is 12.1. The van der Waals surface area contributed by atoms with E-state index in [0.717, 1.165) is 6.42 Å². The summed E-state index contributed by atoms with van der Waals surface area (Å²) in [6.07, 6.45) is 5.86. The standard InChI is InChI=1S/C18H20N2O/c21-11-12-10-20-16-6-2-1-4-14(16)15-7-9-19-8-3-5-13(12)17(19)18(15)20/h1-2,4,6,10,13,17,21H,3,5,7-9,11H2. The first-order valence-electron chi connectivity index (χ1n) is 8.05. The molecule has 3 heteroatoms. The van der Waals surface area contributed by atoms with E-state index in [1.807, 2.05) is 0 Å². The van der Waals surface area contributed by atoms with Crippen molar-refractivity contribution in [3.63, 3.8) is 0 Å². The van der Waals surface area contributed by atoms with E-state index in [2.05, 4.69) is 39.9 Å². The van der Waals surface area contributed by atoms with Crippen LogP contribution in [0, 0.1) is 5.92 Å². The lowest BCUT2D eigenvalue weighted by molar-refractivity contribution is 0.0868. The normalized spacial score (nSPS) is 27.6. The molecule has 108 valence electrons. The van der Waals surface area contributed by atoms with Crippen molar-refractivity contribution in [2.24, 2.45) is 5.92 Å². The molecule has 5 rings (SSSR count). The van der Waals surface area contributed by atoms with Crippen LogP contribution in [-0.4, -0.2) is 34.3 Å². The van der Waals surface area contributed by atoms with Crippen molar-refractivity contribution in [3.05, 3.63) is 41.1 Å². The van der Waals surface area contributed by atoms with Gasteiger partial charge in [-0.25, -0.2) is 0 Å². The maximum atomic E-state index is 9.84. The Morgan fingerprint density at radius 2 is 2.10 bits per heavy atom. The summed E-state index contributed by atoms with van der Waals surface area (Å²) >= 11 is 0. The molecule has 2 unspecified atom stereocenters. The van der Waals surface area contributed by atoms with Gasteiger partial charge in [-0.1, -0.05) is 18.2 Å². The van der Waals surface area contributed by atoms with Crippen molar-refractivity contribution in [1.29, 1.82) is 0 Å².